The van der Waals surface area contributed by atoms with Crippen LogP contribution in [0.3, 0.4) is 0 Å². The Morgan fingerprint density at radius 1 is 0.950 bits per heavy atom. The second kappa shape index (κ2) is 9.50. The summed E-state index contributed by atoms with van der Waals surface area (Å²) in [4.78, 5) is 38.8. The highest BCUT2D eigenvalue weighted by atomic mass is 16.7. The Kier molecular flexibility index (Phi) is 7.92. The molecule has 0 bridgehead atoms. The highest BCUT2D eigenvalue weighted by molar-refractivity contribution is 6.01. The summed E-state index contributed by atoms with van der Waals surface area (Å²) in [5, 5.41) is 0.618. The maximum absolute atomic E-state index is 11.5. The molecule has 0 N–H and O–H groups in total. The van der Waals surface area contributed by atoms with Crippen molar-refractivity contribution in [3.63, 3.8) is 0 Å². The molecule has 0 unspecified atom stereocenters. The van der Waals surface area contributed by atoms with E-state index in [4.69, 9.17) is 4.84 Å². The number of carbonyl (C=O) groups is 3. The average Bonchev–Trinajstić information content (AvgIpc) is 2.73. The first-order valence-corrected chi connectivity index (χ1v) is 7.71. The van der Waals surface area contributed by atoms with Gasteiger partial charge in [0, 0.05) is 19.3 Å². The molecule has 1 aliphatic heterocycles. The minimum Gasteiger partial charge on any atom is -0.330 e. The van der Waals surface area contributed by atoms with E-state index >= 15 is 0 Å². The Morgan fingerprint density at radius 3 is 2.00 bits per heavy atom. The SMILES string of the molecule is CCCCCCCCCCC(=O)ON1C(=O)CCC1=O. The van der Waals surface area contributed by atoms with E-state index in [0.717, 1.165) is 19.3 Å². The molecule has 0 aromatic carbocycles. The Morgan fingerprint density at radius 2 is 1.45 bits per heavy atom. The second-order valence-corrected chi connectivity index (χ2v) is 5.27. The van der Waals surface area contributed by atoms with Gasteiger partial charge in [0.1, 0.15) is 0 Å². The number of imide groups is 1. The molecular formula is C15H25NO4. The van der Waals surface area contributed by atoms with E-state index < -0.39 is 17.8 Å². The summed E-state index contributed by atoms with van der Waals surface area (Å²) in [7, 11) is 0. The van der Waals surface area contributed by atoms with Crippen LogP contribution in [0.4, 0.5) is 0 Å². The number of hydrogen-bond acceptors (Lipinski definition) is 4. The van der Waals surface area contributed by atoms with Crippen LogP contribution in [0, 0.1) is 0 Å². The molecule has 0 aromatic rings. The van der Waals surface area contributed by atoms with Crippen LogP contribution in [0.1, 0.15) is 77.6 Å². The normalized spacial score (nSPS) is 14.9. The third kappa shape index (κ3) is 6.17. The maximum atomic E-state index is 11.5. The molecule has 0 atom stereocenters. The van der Waals surface area contributed by atoms with Crippen LogP contribution in [-0.4, -0.2) is 22.8 Å². The Labute approximate surface area is 120 Å². The second-order valence-electron chi connectivity index (χ2n) is 5.27. The quantitative estimate of drug-likeness (QED) is 0.456. The van der Waals surface area contributed by atoms with Gasteiger partial charge in [-0.05, 0) is 6.42 Å². The van der Waals surface area contributed by atoms with Crippen molar-refractivity contribution in [1.29, 1.82) is 0 Å². The van der Waals surface area contributed by atoms with Gasteiger partial charge < -0.3 is 4.84 Å². The lowest BCUT2D eigenvalue weighted by molar-refractivity contribution is -0.197. The summed E-state index contributed by atoms with van der Waals surface area (Å²) in [6, 6.07) is 0. The molecule has 5 nitrogen and oxygen atoms in total. The predicted molar refractivity (Wildman–Crippen MR) is 74.4 cm³/mol. The topological polar surface area (TPSA) is 63.7 Å². The van der Waals surface area contributed by atoms with Gasteiger partial charge in [-0.1, -0.05) is 51.9 Å². The maximum Gasteiger partial charge on any atom is 0.333 e. The number of nitrogens with zero attached hydrogens (tertiary/aromatic N) is 1. The van der Waals surface area contributed by atoms with Crippen molar-refractivity contribution in [3.05, 3.63) is 0 Å². The highest BCUT2D eigenvalue weighted by Gasteiger charge is 2.32. The third-order valence-corrected chi connectivity index (χ3v) is 3.43. The van der Waals surface area contributed by atoms with Gasteiger partial charge in [0.15, 0.2) is 0 Å². The molecule has 1 rings (SSSR count). The highest BCUT2D eigenvalue weighted by Crippen LogP contribution is 2.14. The van der Waals surface area contributed by atoms with Crippen molar-refractivity contribution in [2.45, 2.75) is 77.6 Å². The van der Waals surface area contributed by atoms with Crippen molar-refractivity contribution in [3.8, 4) is 0 Å². The number of amides is 2. The zero-order valence-electron chi connectivity index (χ0n) is 12.4. The summed E-state index contributed by atoms with van der Waals surface area (Å²) in [5.41, 5.74) is 0. The van der Waals surface area contributed by atoms with Gasteiger partial charge in [-0.2, -0.15) is 0 Å². The van der Waals surface area contributed by atoms with Crippen molar-refractivity contribution in [2.24, 2.45) is 0 Å². The summed E-state index contributed by atoms with van der Waals surface area (Å²) in [6.45, 7) is 2.20. The van der Waals surface area contributed by atoms with Crippen LogP contribution in [0.5, 0.6) is 0 Å². The number of carbonyl (C=O) groups excluding carboxylic acids is 3. The molecule has 0 radical (unpaired) electrons. The molecule has 114 valence electrons. The fraction of sp³-hybridized carbons (Fsp3) is 0.800. The fourth-order valence-corrected chi connectivity index (χ4v) is 2.21. The minimum absolute atomic E-state index is 0.143. The van der Waals surface area contributed by atoms with Crippen LogP contribution >= 0.6 is 0 Å². The van der Waals surface area contributed by atoms with Crippen LogP contribution in [0.2, 0.25) is 0 Å². The Bertz CT molecular complexity index is 325. The van der Waals surface area contributed by atoms with Gasteiger partial charge in [0.05, 0.1) is 0 Å². The van der Waals surface area contributed by atoms with Gasteiger partial charge >= 0.3 is 5.97 Å². The standard InChI is InChI=1S/C15H25NO4/c1-2-3-4-5-6-7-8-9-10-15(19)20-16-13(17)11-12-14(16)18/h2-12H2,1H3. The first-order valence-electron chi connectivity index (χ1n) is 7.71. The zero-order chi connectivity index (χ0) is 14.8. The third-order valence-electron chi connectivity index (χ3n) is 3.43. The molecule has 0 saturated carbocycles. The predicted octanol–water partition coefficient (Wildman–Crippen LogP) is 3.12. The largest absolute Gasteiger partial charge is 0.333 e. The van der Waals surface area contributed by atoms with Crippen LogP contribution < -0.4 is 0 Å². The summed E-state index contributed by atoms with van der Waals surface area (Å²) in [5.74, 6) is -1.32. The zero-order valence-corrected chi connectivity index (χ0v) is 12.4. The van der Waals surface area contributed by atoms with E-state index in [2.05, 4.69) is 6.92 Å². The van der Waals surface area contributed by atoms with E-state index in [-0.39, 0.29) is 19.3 Å². The molecule has 1 aliphatic rings. The van der Waals surface area contributed by atoms with Gasteiger partial charge in [0.25, 0.3) is 11.8 Å². The van der Waals surface area contributed by atoms with Crippen molar-refractivity contribution >= 4 is 17.8 Å². The van der Waals surface area contributed by atoms with Crippen molar-refractivity contribution < 1.29 is 19.2 Å². The summed E-state index contributed by atoms with van der Waals surface area (Å²) < 4.78 is 0. The molecular weight excluding hydrogens is 258 g/mol. The lowest BCUT2D eigenvalue weighted by atomic mass is 10.1. The van der Waals surface area contributed by atoms with E-state index in [1.165, 1.54) is 32.1 Å². The summed E-state index contributed by atoms with van der Waals surface area (Å²) >= 11 is 0. The van der Waals surface area contributed by atoms with Crippen molar-refractivity contribution in [1.82, 2.24) is 5.06 Å². The molecule has 1 heterocycles. The smallest absolute Gasteiger partial charge is 0.330 e. The lowest BCUT2D eigenvalue weighted by Gasteiger charge is -2.12. The minimum atomic E-state index is -0.486. The van der Waals surface area contributed by atoms with Crippen LogP contribution in [0.15, 0.2) is 0 Å². The number of unbranched alkanes of at least 4 members (excludes halogenated alkanes) is 7. The number of hydroxylamine groups is 2. The lowest BCUT2D eigenvalue weighted by Crippen LogP contribution is -2.31. The van der Waals surface area contributed by atoms with E-state index in [0.29, 0.717) is 5.06 Å². The fourth-order valence-electron chi connectivity index (χ4n) is 2.21. The molecule has 1 saturated heterocycles. The van der Waals surface area contributed by atoms with Gasteiger partial charge in [-0.25, -0.2) is 4.79 Å². The Hall–Kier alpha value is -1.39. The number of rotatable bonds is 10. The van der Waals surface area contributed by atoms with Crippen LogP contribution in [0.25, 0.3) is 0 Å². The van der Waals surface area contributed by atoms with E-state index in [1.54, 1.807) is 0 Å². The van der Waals surface area contributed by atoms with Gasteiger partial charge in [0.2, 0.25) is 0 Å². The molecule has 1 fully saturated rings. The molecule has 0 aromatic heterocycles. The van der Waals surface area contributed by atoms with Crippen LogP contribution in [-0.2, 0) is 19.2 Å². The first-order chi connectivity index (χ1) is 9.65. The first kappa shape index (κ1) is 16.7. The molecule has 20 heavy (non-hydrogen) atoms. The molecule has 0 aliphatic carbocycles. The molecule has 2 amide bonds. The van der Waals surface area contributed by atoms with Gasteiger partial charge in [-0.3, -0.25) is 9.59 Å². The monoisotopic (exact) mass is 283 g/mol. The van der Waals surface area contributed by atoms with E-state index in [9.17, 15) is 14.4 Å². The summed E-state index contributed by atoms with van der Waals surface area (Å²) in [6.07, 6.45) is 9.72. The molecule has 5 heteroatoms. The Balaban J connectivity index is 2.00. The average molecular weight is 283 g/mol. The van der Waals surface area contributed by atoms with Crippen molar-refractivity contribution in [2.75, 3.05) is 0 Å². The molecule has 0 spiro atoms. The van der Waals surface area contributed by atoms with E-state index in [1.807, 2.05) is 0 Å². The van der Waals surface area contributed by atoms with Gasteiger partial charge in [-0.15, -0.1) is 5.06 Å². The number of hydrogen-bond donors (Lipinski definition) is 0.